The Morgan fingerprint density at radius 2 is 2.06 bits per heavy atom. The topological polar surface area (TPSA) is 46.5 Å². The SMILES string of the molecule is CCCCCCCCOC(=O)/C=C1/CCCC1O. The molecule has 0 bridgehead atoms. The van der Waals surface area contributed by atoms with Gasteiger partial charge >= 0.3 is 5.97 Å². The molecule has 1 unspecified atom stereocenters. The molecule has 1 rings (SSSR count). The lowest BCUT2D eigenvalue weighted by atomic mass is 10.1. The van der Waals surface area contributed by atoms with Gasteiger partial charge in [0.25, 0.3) is 0 Å². The van der Waals surface area contributed by atoms with E-state index < -0.39 is 6.10 Å². The zero-order chi connectivity index (χ0) is 13.2. The number of hydrogen-bond acceptors (Lipinski definition) is 3. The maximum Gasteiger partial charge on any atom is 0.330 e. The van der Waals surface area contributed by atoms with E-state index in [4.69, 9.17) is 4.74 Å². The Morgan fingerprint density at radius 1 is 1.33 bits per heavy atom. The molecule has 0 aromatic rings. The molecule has 1 aliphatic rings. The minimum absolute atomic E-state index is 0.292. The summed E-state index contributed by atoms with van der Waals surface area (Å²) in [6, 6.07) is 0. The predicted octanol–water partition coefficient (Wildman–Crippen LogP) is 3.36. The highest BCUT2D eigenvalue weighted by Crippen LogP contribution is 2.24. The number of unbranched alkanes of at least 4 members (excludes halogenated alkanes) is 5. The highest BCUT2D eigenvalue weighted by Gasteiger charge is 2.19. The summed E-state index contributed by atoms with van der Waals surface area (Å²) in [5.74, 6) is -0.292. The fourth-order valence-corrected chi connectivity index (χ4v) is 2.27. The molecule has 18 heavy (non-hydrogen) atoms. The summed E-state index contributed by atoms with van der Waals surface area (Å²) in [5.41, 5.74) is 0.836. The van der Waals surface area contributed by atoms with E-state index in [9.17, 15) is 9.90 Å². The van der Waals surface area contributed by atoms with Gasteiger partial charge < -0.3 is 9.84 Å². The Morgan fingerprint density at radius 3 is 2.72 bits per heavy atom. The normalized spacial score (nSPS) is 21.4. The van der Waals surface area contributed by atoms with Crippen LogP contribution in [0.3, 0.4) is 0 Å². The third-order valence-corrected chi connectivity index (χ3v) is 3.42. The van der Waals surface area contributed by atoms with E-state index in [1.165, 1.54) is 31.8 Å². The zero-order valence-electron chi connectivity index (χ0n) is 11.5. The third kappa shape index (κ3) is 6.20. The van der Waals surface area contributed by atoms with Crippen molar-refractivity contribution in [3.63, 3.8) is 0 Å². The number of esters is 1. The summed E-state index contributed by atoms with van der Waals surface area (Å²) in [7, 11) is 0. The largest absolute Gasteiger partial charge is 0.463 e. The Bertz CT molecular complexity index is 271. The van der Waals surface area contributed by atoms with Gasteiger partial charge in [-0.2, -0.15) is 0 Å². The average Bonchev–Trinajstić information content (AvgIpc) is 2.74. The van der Waals surface area contributed by atoms with Gasteiger partial charge in [0.15, 0.2) is 0 Å². The van der Waals surface area contributed by atoms with E-state index in [1.54, 1.807) is 0 Å². The summed E-state index contributed by atoms with van der Waals surface area (Å²) < 4.78 is 5.13. The van der Waals surface area contributed by atoms with Gasteiger partial charge in [-0.15, -0.1) is 0 Å². The van der Waals surface area contributed by atoms with Crippen molar-refractivity contribution in [2.24, 2.45) is 0 Å². The molecule has 3 heteroatoms. The fourth-order valence-electron chi connectivity index (χ4n) is 2.27. The van der Waals surface area contributed by atoms with Crippen LogP contribution >= 0.6 is 0 Å². The number of carbonyl (C=O) groups excluding carboxylic acids is 1. The lowest BCUT2D eigenvalue weighted by Crippen LogP contribution is -2.07. The van der Waals surface area contributed by atoms with Crippen LogP contribution in [-0.4, -0.2) is 23.8 Å². The molecule has 104 valence electrons. The van der Waals surface area contributed by atoms with Gasteiger partial charge in [0.1, 0.15) is 0 Å². The minimum Gasteiger partial charge on any atom is -0.463 e. The molecule has 1 atom stereocenters. The van der Waals surface area contributed by atoms with Crippen molar-refractivity contribution in [3.05, 3.63) is 11.6 Å². The Kier molecular flexibility index (Phi) is 7.74. The molecule has 0 amide bonds. The predicted molar refractivity (Wildman–Crippen MR) is 72.3 cm³/mol. The van der Waals surface area contributed by atoms with Crippen molar-refractivity contribution in [3.8, 4) is 0 Å². The molecule has 0 radical (unpaired) electrons. The van der Waals surface area contributed by atoms with Crippen LogP contribution < -0.4 is 0 Å². The molecular formula is C15H26O3. The van der Waals surface area contributed by atoms with Crippen LogP contribution in [0.2, 0.25) is 0 Å². The van der Waals surface area contributed by atoms with Gasteiger partial charge in [-0.3, -0.25) is 0 Å². The van der Waals surface area contributed by atoms with Crippen molar-refractivity contribution in [1.29, 1.82) is 0 Å². The summed E-state index contributed by atoms with van der Waals surface area (Å²) in [6.07, 6.45) is 10.8. The molecule has 1 N–H and O–H groups in total. The molecule has 1 aliphatic carbocycles. The molecule has 1 saturated carbocycles. The first-order valence-electron chi connectivity index (χ1n) is 7.29. The first-order valence-corrected chi connectivity index (χ1v) is 7.29. The fraction of sp³-hybridized carbons (Fsp3) is 0.800. The lowest BCUT2D eigenvalue weighted by molar-refractivity contribution is -0.138. The highest BCUT2D eigenvalue weighted by molar-refractivity contribution is 5.83. The Balaban J connectivity index is 2.03. The maximum atomic E-state index is 11.5. The number of rotatable bonds is 8. The molecule has 0 saturated heterocycles. The molecule has 0 spiro atoms. The molecule has 0 aromatic heterocycles. The van der Waals surface area contributed by atoms with Gasteiger partial charge in [0, 0.05) is 6.08 Å². The van der Waals surface area contributed by atoms with E-state index in [0.717, 1.165) is 37.7 Å². The number of aliphatic hydroxyl groups excluding tert-OH is 1. The van der Waals surface area contributed by atoms with Crippen LogP contribution in [0, 0.1) is 0 Å². The van der Waals surface area contributed by atoms with Crippen LogP contribution in [0.1, 0.15) is 64.7 Å². The van der Waals surface area contributed by atoms with Crippen molar-refractivity contribution >= 4 is 5.97 Å². The van der Waals surface area contributed by atoms with Gasteiger partial charge in [-0.25, -0.2) is 4.79 Å². The summed E-state index contributed by atoms with van der Waals surface area (Å²) in [6.45, 7) is 2.71. The number of carbonyl (C=O) groups is 1. The minimum atomic E-state index is -0.424. The molecule has 0 aliphatic heterocycles. The van der Waals surface area contributed by atoms with Crippen LogP contribution in [0.15, 0.2) is 11.6 Å². The second-order valence-electron chi connectivity index (χ2n) is 5.06. The monoisotopic (exact) mass is 254 g/mol. The standard InChI is InChI=1S/C15H26O3/c1-2-3-4-5-6-7-11-18-15(17)12-13-9-8-10-14(13)16/h12,14,16H,2-11H2,1H3/b13-12-. The second-order valence-corrected chi connectivity index (χ2v) is 5.06. The van der Waals surface area contributed by atoms with Crippen LogP contribution in [0.4, 0.5) is 0 Å². The first kappa shape index (κ1) is 15.2. The van der Waals surface area contributed by atoms with Crippen LogP contribution in [0.25, 0.3) is 0 Å². The molecule has 3 nitrogen and oxygen atoms in total. The van der Waals surface area contributed by atoms with E-state index in [1.807, 2.05) is 0 Å². The van der Waals surface area contributed by atoms with Crippen molar-refractivity contribution in [2.75, 3.05) is 6.61 Å². The molecule has 1 fully saturated rings. The maximum absolute atomic E-state index is 11.5. The van der Waals surface area contributed by atoms with Crippen LogP contribution in [0.5, 0.6) is 0 Å². The summed E-state index contributed by atoms with van der Waals surface area (Å²) in [4.78, 5) is 11.5. The van der Waals surface area contributed by atoms with Gasteiger partial charge in [0.2, 0.25) is 0 Å². The van der Waals surface area contributed by atoms with Crippen LogP contribution in [-0.2, 0) is 9.53 Å². The molecular weight excluding hydrogens is 228 g/mol. The van der Waals surface area contributed by atoms with E-state index in [-0.39, 0.29) is 5.97 Å². The van der Waals surface area contributed by atoms with E-state index >= 15 is 0 Å². The first-order chi connectivity index (χ1) is 8.74. The van der Waals surface area contributed by atoms with Gasteiger partial charge in [-0.1, -0.05) is 39.0 Å². The van der Waals surface area contributed by atoms with E-state index in [2.05, 4.69) is 6.92 Å². The average molecular weight is 254 g/mol. The summed E-state index contributed by atoms with van der Waals surface area (Å²) in [5, 5.41) is 9.55. The summed E-state index contributed by atoms with van der Waals surface area (Å²) >= 11 is 0. The number of aliphatic hydroxyl groups is 1. The van der Waals surface area contributed by atoms with Gasteiger partial charge in [-0.05, 0) is 31.3 Å². The smallest absolute Gasteiger partial charge is 0.330 e. The highest BCUT2D eigenvalue weighted by atomic mass is 16.5. The lowest BCUT2D eigenvalue weighted by Gasteiger charge is -2.05. The second kappa shape index (κ2) is 9.15. The van der Waals surface area contributed by atoms with E-state index in [0.29, 0.717) is 6.61 Å². The number of ether oxygens (including phenoxy) is 1. The van der Waals surface area contributed by atoms with Crippen molar-refractivity contribution in [2.45, 2.75) is 70.8 Å². The Labute approximate surface area is 110 Å². The third-order valence-electron chi connectivity index (χ3n) is 3.42. The van der Waals surface area contributed by atoms with Gasteiger partial charge in [0.05, 0.1) is 12.7 Å². The Hall–Kier alpha value is -0.830. The van der Waals surface area contributed by atoms with Crippen molar-refractivity contribution < 1.29 is 14.6 Å². The molecule has 0 aromatic carbocycles. The van der Waals surface area contributed by atoms with Crippen molar-refractivity contribution in [1.82, 2.24) is 0 Å². The molecule has 0 heterocycles. The number of hydrogen-bond donors (Lipinski definition) is 1. The quantitative estimate of drug-likeness (QED) is 0.410. The zero-order valence-corrected chi connectivity index (χ0v) is 11.5.